The standard InChI is InChI=1S/C16H19N5O2/c1-20(2)9-11-5-7-13(17-11)15(22)18-10-4-6-12-14(8-10)21(3)16(23)19-12/h4-8,17H,9H2,1-3H3,(H,18,22)(H,19,23). The van der Waals surface area contributed by atoms with Gasteiger partial charge in [-0.2, -0.15) is 0 Å². The third-order valence-electron chi connectivity index (χ3n) is 3.64. The highest BCUT2D eigenvalue weighted by atomic mass is 16.2. The van der Waals surface area contributed by atoms with Crippen LogP contribution in [0.1, 0.15) is 16.2 Å². The summed E-state index contributed by atoms with van der Waals surface area (Å²) in [5.41, 5.74) is 3.42. The van der Waals surface area contributed by atoms with Crippen LogP contribution in [0.25, 0.3) is 11.0 Å². The minimum absolute atomic E-state index is 0.179. The number of amides is 1. The second-order valence-corrected chi connectivity index (χ2v) is 5.81. The summed E-state index contributed by atoms with van der Waals surface area (Å²) in [6.07, 6.45) is 0. The van der Waals surface area contributed by atoms with Crippen LogP contribution in [0.3, 0.4) is 0 Å². The van der Waals surface area contributed by atoms with E-state index in [1.807, 2.05) is 25.1 Å². The zero-order valence-electron chi connectivity index (χ0n) is 13.3. The fourth-order valence-electron chi connectivity index (χ4n) is 2.51. The molecule has 0 aliphatic heterocycles. The fourth-order valence-corrected chi connectivity index (χ4v) is 2.51. The smallest absolute Gasteiger partial charge is 0.326 e. The highest BCUT2D eigenvalue weighted by Crippen LogP contribution is 2.17. The molecule has 0 spiro atoms. The minimum atomic E-state index is -0.213. The largest absolute Gasteiger partial charge is 0.353 e. The van der Waals surface area contributed by atoms with Gasteiger partial charge in [0.1, 0.15) is 5.69 Å². The van der Waals surface area contributed by atoms with Crippen LogP contribution in [0.5, 0.6) is 0 Å². The molecule has 1 aromatic carbocycles. The Balaban J connectivity index is 1.81. The monoisotopic (exact) mass is 313 g/mol. The maximum atomic E-state index is 12.3. The zero-order chi connectivity index (χ0) is 16.6. The lowest BCUT2D eigenvalue weighted by atomic mass is 10.2. The molecular weight excluding hydrogens is 294 g/mol. The Morgan fingerprint density at radius 2 is 2.00 bits per heavy atom. The number of nitrogens with zero attached hydrogens (tertiary/aromatic N) is 2. The van der Waals surface area contributed by atoms with E-state index in [1.165, 1.54) is 4.57 Å². The van der Waals surface area contributed by atoms with Crippen LogP contribution in [-0.4, -0.2) is 39.4 Å². The Kier molecular flexibility index (Phi) is 3.79. The van der Waals surface area contributed by atoms with E-state index in [2.05, 4.69) is 15.3 Å². The molecule has 0 aliphatic carbocycles. The SMILES string of the molecule is CN(C)Cc1ccc(C(=O)Nc2ccc3[nH]c(=O)n(C)c3c2)[nH]1. The molecular formula is C16H19N5O2. The number of fused-ring (bicyclic) bond motifs is 1. The van der Waals surface area contributed by atoms with Gasteiger partial charge < -0.3 is 20.2 Å². The first-order chi connectivity index (χ1) is 10.9. The van der Waals surface area contributed by atoms with Gasteiger partial charge >= 0.3 is 5.69 Å². The van der Waals surface area contributed by atoms with E-state index in [-0.39, 0.29) is 11.6 Å². The number of H-pyrrole nitrogens is 2. The number of rotatable bonds is 4. The number of aromatic amines is 2. The molecule has 0 atom stereocenters. The van der Waals surface area contributed by atoms with Crippen molar-refractivity contribution >= 4 is 22.6 Å². The lowest BCUT2D eigenvalue weighted by Crippen LogP contribution is -2.14. The Hall–Kier alpha value is -2.80. The molecule has 0 radical (unpaired) electrons. The number of imidazole rings is 1. The number of aromatic nitrogens is 3. The molecule has 0 saturated heterocycles. The average molecular weight is 313 g/mol. The highest BCUT2D eigenvalue weighted by molar-refractivity contribution is 6.03. The number of aryl methyl sites for hydroxylation is 1. The van der Waals surface area contributed by atoms with Crippen LogP contribution >= 0.6 is 0 Å². The molecule has 23 heavy (non-hydrogen) atoms. The van der Waals surface area contributed by atoms with Crippen LogP contribution in [0, 0.1) is 0 Å². The van der Waals surface area contributed by atoms with Crippen molar-refractivity contribution in [3.63, 3.8) is 0 Å². The molecule has 3 N–H and O–H groups in total. The van der Waals surface area contributed by atoms with Gasteiger partial charge in [-0.3, -0.25) is 9.36 Å². The molecule has 0 saturated carbocycles. The molecule has 0 aliphatic rings. The van der Waals surface area contributed by atoms with Crippen LogP contribution in [0.2, 0.25) is 0 Å². The molecule has 120 valence electrons. The van der Waals surface area contributed by atoms with E-state index >= 15 is 0 Å². The predicted octanol–water partition coefficient (Wildman–Crippen LogP) is 1.51. The van der Waals surface area contributed by atoms with Crippen molar-refractivity contribution in [3.05, 3.63) is 52.2 Å². The molecule has 0 bridgehead atoms. The van der Waals surface area contributed by atoms with Gasteiger partial charge in [0, 0.05) is 25.0 Å². The highest BCUT2D eigenvalue weighted by Gasteiger charge is 2.10. The number of carbonyl (C=O) groups excluding carboxylic acids is 1. The van der Waals surface area contributed by atoms with Crippen LogP contribution in [-0.2, 0) is 13.6 Å². The van der Waals surface area contributed by atoms with Crippen LogP contribution < -0.4 is 11.0 Å². The van der Waals surface area contributed by atoms with Crippen molar-refractivity contribution < 1.29 is 4.79 Å². The summed E-state index contributed by atoms with van der Waals surface area (Å²) in [6, 6.07) is 8.97. The van der Waals surface area contributed by atoms with Crippen LogP contribution in [0.15, 0.2) is 35.1 Å². The fraction of sp³-hybridized carbons (Fsp3) is 0.250. The number of hydrogen-bond acceptors (Lipinski definition) is 3. The molecule has 7 nitrogen and oxygen atoms in total. The Morgan fingerprint density at radius 1 is 1.22 bits per heavy atom. The molecule has 2 aromatic heterocycles. The first-order valence-electron chi connectivity index (χ1n) is 7.27. The van der Waals surface area contributed by atoms with Gasteiger partial charge in [-0.25, -0.2) is 4.79 Å². The number of carbonyl (C=O) groups is 1. The molecule has 7 heteroatoms. The summed E-state index contributed by atoms with van der Waals surface area (Å²) >= 11 is 0. The van der Waals surface area contributed by atoms with E-state index < -0.39 is 0 Å². The topological polar surface area (TPSA) is 85.9 Å². The minimum Gasteiger partial charge on any atom is -0.353 e. The van der Waals surface area contributed by atoms with E-state index in [9.17, 15) is 9.59 Å². The number of anilines is 1. The lowest BCUT2D eigenvalue weighted by molar-refractivity contribution is 0.102. The Morgan fingerprint density at radius 3 is 2.74 bits per heavy atom. The number of hydrogen-bond donors (Lipinski definition) is 3. The van der Waals surface area contributed by atoms with E-state index in [1.54, 1.807) is 31.3 Å². The summed E-state index contributed by atoms with van der Waals surface area (Å²) in [5, 5.41) is 2.84. The summed E-state index contributed by atoms with van der Waals surface area (Å²) in [5.74, 6) is -0.213. The van der Waals surface area contributed by atoms with Crippen molar-refractivity contribution in [2.45, 2.75) is 6.54 Å². The first kappa shape index (κ1) is 15.1. The maximum absolute atomic E-state index is 12.3. The third-order valence-corrected chi connectivity index (χ3v) is 3.64. The van der Waals surface area contributed by atoms with E-state index in [4.69, 9.17) is 0 Å². The summed E-state index contributed by atoms with van der Waals surface area (Å²) in [7, 11) is 5.62. The van der Waals surface area contributed by atoms with Gasteiger partial charge in [-0.1, -0.05) is 0 Å². The summed E-state index contributed by atoms with van der Waals surface area (Å²) in [6.45, 7) is 0.741. The molecule has 3 aromatic rings. The van der Waals surface area contributed by atoms with Crippen molar-refractivity contribution in [1.29, 1.82) is 0 Å². The predicted molar refractivity (Wildman–Crippen MR) is 89.7 cm³/mol. The van der Waals surface area contributed by atoms with Gasteiger partial charge in [0.05, 0.1) is 11.0 Å². The summed E-state index contributed by atoms with van der Waals surface area (Å²) in [4.78, 5) is 31.8. The van der Waals surface area contributed by atoms with E-state index in [0.717, 1.165) is 23.3 Å². The number of benzene rings is 1. The molecule has 2 heterocycles. The van der Waals surface area contributed by atoms with Gasteiger partial charge in [-0.15, -0.1) is 0 Å². The second-order valence-electron chi connectivity index (χ2n) is 5.81. The van der Waals surface area contributed by atoms with Crippen molar-refractivity contribution in [1.82, 2.24) is 19.4 Å². The zero-order valence-corrected chi connectivity index (χ0v) is 13.3. The lowest BCUT2D eigenvalue weighted by Gasteiger charge is -2.07. The van der Waals surface area contributed by atoms with Crippen molar-refractivity contribution in [3.8, 4) is 0 Å². The molecule has 3 rings (SSSR count). The van der Waals surface area contributed by atoms with Crippen molar-refractivity contribution in [2.24, 2.45) is 7.05 Å². The Bertz CT molecular complexity index is 916. The van der Waals surface area contributed by atoms with E-state index in [0.29, 0.717) is 11.4 Å². The maximum Gasteiger partial charge on any atom is 0.326 e. The van der Waals surface area contributed by atoms with Gasteiger partial charge in [0.2, 0.25) is 0 Å². The molecule has 0 unspecified atom stereocenters. The average Bonchev–Trinajstić information content (AvgIpc) is 3.05. The normalized spacial score (nSPS) is 11.3. The van der Waals surface area contributed by atoms with Gasteiger partial charge in [-0.05, 0) is 44.4 Å². The molecule has 1 amide bonds. The molecule has 0 fully saturated rings. The first-order valence-corrected chi connectivity index (χ1v) is 7.27. The van der Waals surface area contributed by atoms with Gasteiger partial charge in [0.15, 0.2) is 0 Å². The third kappa shape index (κ3) is 3.04. The van der Waals surface area contributed by atoms with Crippen molar-refractivity contribution in [2.75, 3.05) is 19.4 Å². The Labute approximate surface area is 132 Å². The van der Waals surface area contributed by atoms with Crippen LogP contribution in [0.4, 0.5) is 5.69 Å². The second kappa shape index (κ2) is 5.77. The van der Waals surface area contributed by atoms with Gasteiger partial charge in [0.25, 0.3) is 5.91 Å². The summed E-state index contributed by atoms with van der Waals surface area (Å²) < 4.78 is 1.51. The quantitative estimate of drug-likeness (QED) is 0.682. The number of nitrogens with one attached hydrogen (secondary N) is 3.